The minimum Gasteiger partial charge on any atom is -0.354 e. The van der Waals surface area contributed by atoms with Crippen molar-refractivity contribution in [2.75, 3.05) is 38.1 Å². The van der Waals surface area contributed by atoms with Crippen molar-refractivity contribution in [3.05, 3.63) is 29.8 Å². The molecule has 3 aromatic rings. The smallest absolute Gasteiger partial charge is 0.235 e. The van der Waals surface area contributed by atoms with Crippen molar-refractivity contribution >= 4 is 16.9 Å². The summed E-state index contributed by atoms with van der Waals surface area (Å²) >= 11 is 0. The molecule has 5 heterocycles. The summed E-state index contributed by atoms with van der Waals surface area (Å²) in [5, 5.41) is 5.29. The number of aromatic amines is 1. The van der Waals surface area contributed by atoms with E-state index in [1.807, 2.05) is 6.20 Å². The van der Waals surface area contributed by atoms with E-state index in [-0.39, 0.29) is 11.3 Å². The van der Waals surface area contributed by atoms with E-state index in [4.69, 9.17) is 19.5 Å². The van der Waals surface area contributed by atoms with Gasteiger partial charge in [-0.1, -0.05) is 25.9 Å². The van der Waals surface area contributed by atoms with Crippen molar-refractivity contribution in [3.63, 3.8) is 0 Å². The van der Waals surface area contributed by atoms with Crippen molar-refractivity contribution in [2.24, 2.45) is 5.92 Å². The Morgan fingerprint density at radius 3 is 2.90 bits per heavy atom. The summed E-state index contributed by atoms with van der Waals surface area (Å²) in [6.07, 6.45) is 3.76. The van der Waals surface area contributed by atoms with Gasteiger partial charge in [0.05, 0.1) is 10.8 Å². The highest BCUT2D eigenvalue weighted by Crippen LogP contribution is 2.46. The van der Waals surface area contributed by atoms with Gasteiger partial charge in [-0.2, -0.15) is 4.98 Å². The van der Waals surface area contributed by atoms with Gasteiger partial charge in [0, 0.05) is 44.1 Å². The van der Waals surface area contributed by atoms with Crippen molar-refractivity contribution in [3.8, 4) is 0 Å². The molecule has 2 aliphatic rings. The van der Waals surface area contributed by atoms with Gasteiger partial charge in [0.15, 0.2) is 5.82 Å². The van der Waals surface area contributed by atoms with Crippen LogP contribution in [0.5, 0.6) is 0 Å². The molecule has 2 aliphatic heterocycles. The number of hydrogen-bond donors (Lipinski definition) is 1. The normalized spacial score (nSPS) is 25.3. The van der Waals surface area contributed by atoms with E-state index >= 15 is 0 Å². The zero-order valence-corrected chi connectivity index (χ0v) is 17.6. The van der Waals surface area contributed by atoms with Gasteiger partial charge in [0.25, 0.3) is 0 Å². The van der Waals surface area contributed by atoms with Gasteiger partial charge >= 0.3 is 0 Å². The molecule has 8 heteroatoms. The van der Waals surface area contributed by atoms with Crippen LogP contribution >= 0.6 is 0 Å². The lowest BCUT2D eigenvalue weighted by Crippen LogP contribution is -2.48. The second-order valence-electron chi connectivity index (χ2n) is 8.92. The van der Waals surface area contributed by atoms with Crippen molar-refractivity contribution in [1.82, 2.24) is 30.0 Å². The van der Waals surface area contributed by atoms with Crippen LogP contribution in [0.1, 0.15) is 50.6 Å². The Morgan fingerprint density at radius 2 is 2.14 bits per heavy atom. The number of likely N-dealkylation sites (tertiary alicyclic amines) is 1. The van der Waals surface area contributed by atoms with E-state index in [2.05, 4.69) is 53.8 Å². The number of piperidine rings is 1. The summed E-state index contributed by atoms with van der Waals surface area (Å²) in [5.41, 5.74) is 0.796. The number of nitrogens with one attached hydrogen (secondary N) is 1. The van der Waals surface area contributed by atoms with Crippen LogP contribution in [0.3, 0.4) is 0 Å². The van der Waals surface area contributed by atoms with Crippen molar-refractivity contribution in [2.45, 2.75) is 44.9 Å². The van der Waals surface area contributed by atoms with Gasteiger partial charge in [-0.05, 0) is 26.1 Å². The first-order valence-electron chi connectivity index (χ1n) is 10.6. The Balaban J connectivity index is 1.58. The van der Waals surface area contributed by atoms with Gasteiger partial charge in [-0.15, -0.1) is 0 Å². The molecule has 5 rings (SSSR count). The van der Waals surface area contributed by atoms with E-state index in [0.717, 1.165) is 73.4 Å². The summed E-state index contributed by atoms with van der Waals surface area (Å²) in [6.45, 7) is 10.2. The van der Waals surface area contributed by atoms with Crippen LogP contribution in [0.2, 0.25) is 0 Å². The minimum absolute atomic E-state index is 0.113. The molecular weight excluding hydrogens is 366 g/mol. The highest BCUT2D eigenvalue weighted by molar-refractivity contribution is 5.88. The first-order chi connectivity index (χ1) is 14.0. The standard InChI is InChI=1S/C21H29N7O/c1-5-16-23-20(29-26-16)21-7-9-27(4)10-14(21)11-28(12-21)19-15-6-8-22-18(15)24-17(25-19)13(2)3/h6,8,13-14H,5,7,9-12H2,1-4H3,(H,22,24,25)/t14-,21-/m1/s1. The summed E-state index contributed by atoms with van der Waals surface area (Å²) < 4.78 is 5.81. The molecule has 2 saturated heterocycles. The summed E-state index contributed by atoms with van der Waals surface area (Å²) in [4.78, 5) is 22.6. The molecule has 2 fully saturated rings. The third-order valence-corrected chi connectivity index (χ3v) is 6.61. The molecule has 0 bridgehead atoms. The number of rotatable bonds is 4. The third-order valence-electron chi connectivity index (χ3n) is 6.61. The zero-order valence-electron chi connectivity index (χ0n) is 17.6. The molecule has 154 valence electrons. The Kier molecular flexibility index (Phi) is 4.34. The first-order valence-corrected chi connectivity index (χ1v) is 10.6. The fraction of sp³-hybridized carbons (Fsp3) is 0.619. The molecular formula is C21H29N7O. The molecule has 0 radical (unpaired) electrons. The number of anilines is 1. The molecule has 8 nitrogen and oxygen atoms in total. The fourth-order valence-corrected chi connectivity index (χ4v) is 4.90. The molecule has 0 aromatic carbocycles. The SMILES string of the molecule is CCc1noc([C@@]23CCN(C)C[C@@H]2CN(c2nc(C(C)C)nc4[nH]ccc24)C3)n1. The number of aromatic nitrogens is 5. The maximum atomic E-state index is 5.81. The van der Waals surface area contributed by atoms with Gasteiger partial charge in [0.2, 0.25) is 5.89 Å². The lowest BCUT2D eigenvalue weighted by Gasteiger charge is -2.39. The zero-order chi connectivity index (χ0) is 20.2. The molecule has 0 unspecified atom stereocenters. The summed E-state index contributed by atoms with van der Waals surface area (Å²) in [6, 6.07) is 2.08. The van der Waals surface area contributed by atoms with Crippen molar-refractivity contribution in [1.29, 1.82) is 0 Å². The second-order valence-corrected chi connectivity index (χ2v) is 8.92. The van der Waals surface area contributed by atoms with Gasteiger partial charge in [-0.25, -0.2) is 9.97 Å². The van der Waals surface area contributed by atoms with Gasteiger partial charge < -0.3 is 19.3 Å². The molecule has 0 spiro atoms. The molecule has 29 heavy (non-hydrogen) atoms. The Morgan fingerprint density at radius 1 is 1.28 bits per heavy atom. The third kappa shape index (κ3) is 2.92. The van der Waals surface area contributed by atoms with Crippen LogP contribution in [0.25, 0.3) is 11.0 Å². The largest absolute Gasteiger partial charge is 0.354 e. The first kappa shape index (κ1) is 18.5. The van der Waals surface area contributed by atoms with Gasteiger partial charge in [0.1, 0.15) is 17.3 Å². The van der Waals surface area contributed by atoms with Crippen molar-refractivity contribution < 1.29 is 4.52 Å². The monoisotopic (exact) mass is 395 g/mol. The number of H-pyrrole nitrogens is 1. The Labute approximate surface area is 170 Å². The van der Waals surface area contributed by atoms with Gasteiger partial charge in [-0.3, -0.25) is 0 Å². The average molecular weight is 396 g/mol. The minimum atomic E-state index is -0.113. The van der Waals surface area contributed by atoms with E-state index in [1.165, 1.54) is 0 Å². The maximum absolute atomic E-state index is 5.81. The molecule has 0 aliphatic carbocycles. The van der Waals surface area contributed by atoms with E-state index < -0.39 is 0 Å². The summed E-state index contributed by atoms with van der Waals surface area (Å²) in [7, 11) is 2.20. The predicted molar refractivity (Wildman–Crippen MR) is 111 cm³/mol. The number of nitrogens with zero attached hydrogens (tertiary/aromatic N) is 6. The topological polar surface area (TPSA) is 87.0 Å². The Bertz CT molecular complexity index is 1030. The number of fused-ring (bicyclic) bond motifs is 2. The lowest BCUT2D eigenvalue weighted by atomic mass is 9.72. The average Bonchev–Trinajstić information content (AvgIpc) is 3.44. The highest BCUT2D eigenvalue weighted by atomic mass is 16.5. The molecule has 3 aromatic heterocycles. The maximum Gasteiger partial charge on any atom is 0.235 e. The molecule has 2 atom stereocenters. The molecule has 0 amide bonds. The van der Waals surface area contributed by atoms with Crippen LogP contribution in [0.4, 0.5) is 5.82 Å². The second kappa shape index (κ2) is 6.79. The van der Waals surface area contributed by atoms with E-state index in [9.17, 15) is 0 Å². The molecule has 0 saturated carbocycles. The number of aryl methyl sites for hydroxylation is 1. The fourth-order valence-electron chi connectivity index (χ4n) is 4.90. The van der Waals surface area contributed by atoms with Crippen LogP contribution < -0.4 is 4.90 Å². The Hall–Kier alpha value is -2.48. The van der Waals surface area contributed by atoms with Crippen LogP contribution in [-0.4, -0.2) is 63.2 Å². The van der Waals surface area contributed by atoms with E-state index in [1.54, 1.807) is 0 Å². The molecule has 1 N–H and O–H groups in total. The predicted octanol–water partition coefficient (Wildman–Crippen LogP) is 2.74. The lowest BCUT2D eigenvalue weighted by molar-refractivity contribution is 0.118. The highest BCUT2D eigenvalue weighted by Gasteiger charge is 2.54. The van der Waals surface area contributed by atoms with Crippen LogP contribution in [-0.2, 0) is 11.8 Å². The number of hydrogen-bond acceptors (Lipinski definition) is 7. The van der Waals surface area contributed by atoms with E-state index in [0.29, 0.717) is 5.92 Å². The van der Waals surface area contributed by atoms with Crippen LogP contribution in [0, 0.1) is 5.92 Å². The quantitative estimate of drug-likeness (QED) is 0.727. The summed E-state index contributed by atoms with van der Waals surface area (Å²) in [5.74, 6) is 4.20. The van der Waals surface area contributed by atoms with Crippen LogP contribution in [0.15, 0.2) is 16.8 Å².